The van der Waals surface area contributed by atoms with Crippen molar-refractivity contribution in [3.8, 4) is 5.75 Å². The van der Waals surface area contributed by atoms with Gasteiger partial charge in [-0.05, 0) is 24.1 Å². The molecule has 0 spiro atoms. The quantitative estimate of drug-likeness (QED) is 0.624. The standard InChI is InChI=1S/C10H12O2/c1-7-8(10-6-12-10)4-3-5-9(7)11-2/h3-5,10H,6H2,1-2H3/t10-/m0/s1. The van der Waals surface area contributed by atoms with Gasteiger partial charge >= 0.3 is 0 Å². The fourth-order valence-electron chi connectivity index (χ4n) is 1.43. The van der Waals surface area contributed by atoms with Gasteiger partial charge in [-0.1, -0.05) is 12.1 Å². The Morgan fingerprint density at radius 3 is 2.83 bits per heavy atom. The molecule has 0 aliphatic carbocycles. The number of methoxy groups -OCH3 is 1. The molecule has 1 saturated heterocycles. The Morgan fingerprint density at radius 1 is 1.50 bits per heavy atom. The van der Waals surface area contributed by atoms with Gasteiger partial charge in [0.15, 0.2) is 0 Å². The van der Waals surface area contributed by atoms with E-state index in [0.717, 1.165) is 12.4 Å². The average molecular weight is 164 g/mol. The summed E-state index contributed by atoms with van der Waals surface area (Å²) in [7, 11) is 1.69. The van der Waals surface area contributed by atoms with Crippen LogP contribution in [0.4, 0.5) is 0 Å². The summed E-state index contributed by atoms with van der Waals surface area (Å²) in [5, 5.41) is 0. The Hall–Kier alpha value is -1.02. The molecule has 1 aliphatic rings. The third kappa shape index (κ3) is 1.18. The number of epoxide rings is 1. The molecule has 64 valence electrons. The van der Waals surface area contributed by atoms with Crippen LogP contribution in [0.3, 0.4) is 0 Å². The van der Waals surface area contributed by atoms with Crippen LogP contribution >= 0.6 is 0 Å². The van der Waals surface area contributed by atoms with E-state index in [1.807, 2.05) is 12.1 Å². The lowest BCUT2D eigenvalue weighted by atomic mass is 10.1. The molecule has 0 N–H and O–H groups in total. The molecule has 2 nitrogen and oxygen atoms in total. The topological polar surface area (TPSA) is 21.8 Å². The van der Waals surface area contributed by atoms with Crippen LogP contribution < -0.4 is 4.74 Å². The minimum Gasteiger partial charge on any atom is -0.496 e. The third-order valence-electron chi connectivity index (χ3n) is 2.23. The molecule has 1 heterocycles. The molecule has 1 atom stereocenters. The first kappa shape index (κ1) is 7.62. The largest absolute Gasteiger partial charge is 0.496 e. The summed E-state index contributed by atoms with van der Waals surface area (Å²) in [6.07, 6.45) is 0.320. The van der Waals surface area contributed by atoms with Gasteiger partial charge < -0.3 is 9.47 Å². The Bertz CT molecular complexity index is 290. The lowest BCUT2D eigenvalue weighted by Gasteiger charge is -2.07. The fraction of sp³-hybridized carbons (Fsp3) is 0.400. The molecule has 12 heavy (non-hydrogen) atoms. The van der Waals surface area contributed by atoms with E-state index in [4.69, 9.17) is 9.47 Å². The lowest BCUT2D eigenvalue weighted by Crippen LogP contribution is -1.91. The van der Waals surface area contributed by atoms with Gasteiger partial charge in [0.05, 0.1) is 13.7 Å². The summed E-state index contributed by atoms with van der Waals surface area (Å²) in [5.74, 6) is 0.947. The predicted octanol–water partition coefficient (Wildman–Crippen LogP) is 2.07. The van der Waals surface area contributed by atoms with E-state index in [1.54, 1.807) is 7.11 Å². The van der Waals surface area contributed by atoms with Crippen LogP contribution in [0.15, 0.2) is 18.2 Å². The Balaban J connectivity index is 2.40. The van der Waals surface area contributed by atoms with Crippen LogP contribution in [0.5, 0.6) is 5.75 Å². The summed E-state index contributed by atoms with van der Waals surface area (Å²) in [6.45, 7) is 2.92. The van der Waals surface area contributed by atoms with Crippen LogP contribution in [0, 0.1) is 6.92 Å². The number of benzene rings is 1. The summed E-state index contributed by atoms with van der Waals surface area (Å²) in [5.41, 5.74) is 2.46. The third-order valence-corrected chi connectivity index (χ3v) is 2.23. The molecule has 1 aromatic rings. The van der Waals surface area contributed by atoms with Crippen LogP contribution in [0.1, 0.15) is 17.2 Å². The van der Waals surface area contributed by atoms with Gasteiger partial charge in [0.2, 0.25) is 0 Å². The fourth-order valence-corrected chi connectivity index (χ4v) is 1.43. The SMILES string of the molecule is COc1cccc([C@@H]2CO2)c1C. The second-order valence-corrected chi connectivity index (χ2v) is 3.00. The van der Waals surface area contributed by atoms with Gasteiger partial charge in [0.25, 0.3) is 0 Å². The van der Waals surface area contributed by atoms with Crippen LogP contribution in [-0.2, 0) is 4.74 Å². The smallest absolute Gasteiger partial charge is 0.122 e. The molecular formula is C10H12O2. The van der Waals surface area contributed by atoms with Crippen LogP contribution in [0.2, 0.25) is 0 Å². The van der Waals surface area contributed by atoms with E-state index in [2.05, 4.69) is 13.0 Å². The van der Waals surface area contributed by atoms with Crippen molar-refractivity contribution in [3.05, 3.63) is 29.3 Å². The monoisotopic (exact) mass is 164 g/mol. The van der Waals surface area contributed by atoms with Crippen molar-refractivity contribution >= 4 is 0 Å². The zero-order chi connectivity index (χ0) is 8.55. The Morgan fingerprint density at radius 2 is 2.25 bits per heavy atom. The number of rotatable bonds is 2. The number of hydrogen-bond donors (Lipinski definition) is 0. The summed E-state index contributed by atoms with van der Waals surface area (Å²) < 4.78 is 10.4. The molecule has 0 aromatic heterocycles. The van der Waals surface area contributed by atoms with Crippen molar-refractivity contribution in [2.24, 2.45) is 0 Å². The molecule has 2 rings (SSSR count). The molecule has 0 unspecified atom stereocenters. The Kier molecular flexibility index (Phi) is 1.77. The highest BCUT2D eigenvalue weighted by atomic mass is 16.6. The maximum absolute atomic E-state index is 5.22. The Labute approximate surface area is 72.1 Å². The van der Waals surface area contributed by atoms with Crippen molar-refractivity contribution < 1.29 is 9.47 Å². The lowest BCUT2D eigenvalue weighted by molar-refractivity contribution is 0.401. The van der Waals surface area contributed by atoms with E-state index in [-0.39, 0.29) is 0 Å². The van der Waals surface area contributed by atoms with Crippen LogP contribution in [0.25, 0.3) is 0 Å². The zero-order valence-electron chi connectivity index (χ0n) is 7.33. The highest BCUT2D eigenvalue weighted by Gasteiger charge is 2.26. The number of ether oxygens (including phenoxy) is 2. The van der Waals surface area contributed by atoms with Crippen molar-refractivity contribution in [1.29, 1.82) is 0 Å². The second kappa shape index (κ2) is 2.79. The van der Waals surface area contributed by atoms with Crippen molar-refractivity contribution in [3.63, 3.8) is 0 Å². The first-order valence-electron chi connectivity index (χ1n) is 4.08. The maximum Gasteiger partial charge on any atom is 0.122 e. The van der Waals surface area contributed by atoms with Gasteiger partial charge in [-0.15, -0.1) is 0 Å². The van der Waals surface area contributed by atoms with Crippen molar-refractivity contribution in [2.75, 3.05) is 13.7 Å². The number of hydrogen-bond acceptors (Lipinski definition) is 2. The highest BCUT2D eigenvalue weighted by Crippen LogP contribution is 2.35. The average Bonchev–Trinajstić information content (AvgIpc) is 2.88. The molecule has 1 aliphatic heterocycles. The zero-order valence-corrected chi connectivity index (χ0v) is 7.33. The summed E-state index contributed by atoms with van der Waals surface area (Å²) >= 11 is 0. The normalized spacial score (nSPS) is 20.7. The van der Waals surface area contributed by atoms with E-state index in [9.17, 15) is 0 Å². The van der Waals surface area contributed by atoms with Gasteiger partial charge in [0, 0.05) is 0 Å². The first-order valence-corrected chi connectivity index (χ1v) is 4.08. The highest BCUT2D eigenvalue weighted by molar-refractivity contribution is 5.41. The molecular weight excluding hydrogens is 152 g/mol. The molecule has 1 fully saturated rings. The van der Waals surface area contributed by atoms with Gasteiger partial charge in [-0.2, -0.15) is 0 Å². The minimum atomic E-state index is 0.320. The predicted molar refractivity (Wildman–Crippen MR) is 46.4 cm³/mol. The first-order chi connectivity index (χ1) is 5.83. The maximum atomic E-state index is 5.22. The van der Waals surface area contributed by atoms with E-state index < -0.39 is 0 Å². The molecule has 2 heteroatoms. The summed E-state index contributed by atoms with van der Waals surface area (Å²) in [4.78, 5) is 0. The van der Waals surface area contributed by atoms with E-state index in [0.29, 0.717) is 6.10 Å². The van der Waals surface area contributed by atoms with Crippen molar-refractivity contribution in [1.82, 2.24) is 0 Å². The minimum absolute atomic E-state index is 0.320. The molecule has 0 radical (unpaired) electrons. The van der Waals surface area contributed by atoms with Gasteiger partial charge in [0.1, 0.15) is 11.9 Å². The van der Waals surface area contributed by atoms with Gasteiger partial charge in [-0.25, -0.2) is 0 Å². The molecule has 0 saturated carbocycles. The molecule has 0 amide bonds. The molecule has 0 bridgehead atoms. The van der Waals surface area contributed by atoms with E-state index in [1.165, 1.54) is 11.1 Å². The second-order valence-electron chi connectivity index (χ2n) is 3.00. The summed E-state index contributed by atoms with van der Waals surface area (Å²) in [6, 6.07) is 6.07. The molecule has 1 aromatic carbocycles. The van der Waals surface area contributed by atoms with Crippen LogP contribution in [-0.4, -0.2) is 13.7 Å². The van der Waals surface area contributed by atoms with E-state index >= 15 is 0 Å². The van der Waals surface area contributed by atoms with Gasteiger partial charge in [-0.3, -0.25) is 0 Å². The van der Waals surface area contributed by atoms with Crippen molar-refractivity contribution in [2.45, 2.75) is 13.0 Å².